The van der Waals surface area contributed by atoms with Gasteiger partial charge in [-0.15, -0.1) is 11.3 Å². The number of aliphatic carboxylic acids is 1. The van der Waals surface area contributed by atoms with Crippen LogP contribution >= 0.6 is 11.3 Å². The maximum Gasteiger partial charge on any atom is 0.307 e. The number of rotatable bonds is 6. The Hall–Kier alpha value is -0.870. The Kier molecular flexibility index (Phi) is 5.15. The highest BCUT2D eigenvalue weighted by Gasteiger charge is 2.25. The molecule has 0 aromatic carbocycles. The van der Waals surface area contributed by atoms with Crippen LogP contribution in [0.25, 0.3) is 0 Å². The zero-order valence-corrected chi connectivity index (χ0v) is 11.7. The van der Waals surface area contributed by atoms with Crippen molar-refractivity contribution in [1.29, 1.82) is 0 Å². The first-order chi connectivity index (χ1) is 7.93. The van der Waals surface area contributed by atoms with E-state index in [0.717, 1.165) is 6.42 Å². The van der Waals surface area contributed by atoms with Gasteiger partial charge >= 0.3 is 5.97 Å². The van der Waals surface area contributed by atoms with Gasteiger partial charge in [0.2, 0.25) is 0 Å². The molecular formula is C13H21NO2S. The Balaban J connectivity index is 2.56. The van der Waals surface area contributed by atoms with E-state index in [1.165, 1.54) is 4.88 Å². The molecule has 0 saturated heterocycles. The van der Waals surface area contributed by atoms with Crippen molar-refractivity contribution in [1.82, 2.24) is 4.90 Å². The standard InChI is InChI=1S/C13H21NO2S/c1-9(8-12-6-5-7-17-12)14(4)11(3)10(2)13(15)16/h5-7,9-11H,8H2,1-4H3,(H,15,16). The molecule has 1 aromatic heterocycles. The van der Waals surface area contributed by atoms with Gasteiger partial charge in [0.25, 0.3) is 0 Å². The van der Waals surface area contributed by atoms with Gasteiger partial charge in [-0.2, -0.15) is 0 Å². The lowest BCUT2D eigenvalue weighted by molar-refractivity contribution is -0.143. The number of likely N-dealkylation sites (N-methyl/N-ethyl adjacent to an activating group) is 1. The van der Waals surface area contributed by atoms with Crippen LogP contribution in [0.2, 0.25) is 0 Å². The van der Waals surface area contributed by atoms with Crippen LogP contribution in [0.3, 0.4) is 0 Å². The van der Waals surface area contributed by atoms with E-state index in [1.807, 2.05) is 14.0 Å². The highest BCUT2D eigenvalue weighted by atomic mass is 32.1. The third kappa shape index (κ3) is 3.82. The quantitative estimate of drug-likeness (QED) is 0.849. The van der Waals surface area contributed by atoms with Crippen molar-refractivity contribution in [2.75, 3.05) is 7.05 Å². The maximum absolute atomic E-state index is 11.0. The summed E-state index contributed by atoms with van der Waals surface area (Å²) in [7, 11) is 2.00. The van der Waals surface area contributed by atoms with E-state index in [0.29, 0.717) is 6.04 Å². The molecule has 1 aromatic rings. The molecule has 17 heavy (non-hydrogen) atoms. The molecule has 1 heterocycles. The summed E-state index contributed by atoms with van der Waals surface area (Å²) in [6, 6.07) is 4.57. The van der Waals surface area contributed by atoms with Crippen LogP contribution in [0.4, 0.5) is 0 Å². The van der Waals surface area contributed by atoms with E-state index >= 15 is 0 Å². The van der Waals surface area contributed by atoms with Crippen molar-refractivity contribution in [3.05, 3.63) is 22.4 Å². The Bertz CT molecular complexity index is 350. The molecule has 0 spiro atoms. The molecule has 0 radical (unpaired) electrons. The monoisotopic (exact) mass is 255 g/mol. The molecule has 3 unspecified atom stereocenters. The molecule has 1 rings (SSSR count). The lowest BCUT2D eigenvalue weighted by atomic mass is 10.0. The maximum atomic E-state index is 11.0. The highest BCUT2D eigenvalue weighted by molar-refractivity contribution is 7.09. The molecule has 0 saturated carbocycles. The SMILES string of the molecule is CC(C(=O)O)C(C)N(C)C(C)Cc1cccs1. The average molecular weight is 255 g/mol. The third-order valence-electron chi connectivity index (χ3n) is 3.53. The molecular weight excluding hydrogens is 234 g/mol. The van der Waals surface area contributed by atoms with Gasteiger partial charge in [-0.05, 0) is 38.8 Å². The zero-order chi connectivity index (χ0) is 13.0. The number of hydrogen-bond acceptors (Lipinski definition) is 3. The molecule has 0 aliphatic rings. The van der Waals surface area contributed by atoms with Crippen LogP contribution in [-0.4, -0.2) is 35.1 Å². The van der Waals surface area contributed by atoms with Crippen molar-refractivity contribution in [2.45, 2.75) is 39.3 Å². The fraction of sp³-hybridized carbons (Fsp3) is 0.615. The fourth-order valence-electron chi connectivity index (χ4n) is 1.82. The Morgan fingerprint density at radius 1 is 1.47 bits per heavy atom. The van der Waals surface area contributed by atoms with Crippen molar-refractivity contribution in [3.63, 3.8) is 0 Å². The average Bonchev–Trinajstić information content (AvgIpc) is 2.78. The second kappa shape index (κ2) is 6.17. The predicted molar refractivity (Wildman–Crippen MR) is 71.5 cm³/mol. The number of hydrogen-bond donors (Lipinski definition) is 1. The molecule has 4 heteroatoms. The lowest BCUT2D eigenvalue weighted by Gasteiger charge is -2.32. The van der Waals surface area contributed by atoms with Gasteiger partial charge in [0.1, 0.15) is 0 Å². The molecule has 0 amide bonds. The first kappa shape index (κ1) is 14.2. The minimum atomic E-state index is -0.729. The van der Waals surface area contributed by atoms with Gasteiger partial charge in [0.15, 0.2) is 0 Å². The van der Waals surface area contributed by atoms with E-state index < -0.39 is 5.97 Å². The first-order valence-electron chi connectivity index (χ1n) is 5.90. The molecule has 3 nitrogen and oxygen atoms in total. The Labute approximate surface area is 107 Å². The fourth-order valence-corrected chi connectivity index (χ4v) is 2.65. The van der Waals surface area contributed by atoms with E-state index in [4.69, 9.17) is 5.11 Å². The topological polar surface area (TPSA) is 40.5 Å². The summed E-state index contributed by atoms with van der Waals surface area (Å²) in [6.45, 7) is 5.88. The van der Waals surface area contributed by atoms with Gasteiger partial charge < -0.3 is 5.11 Å². The van der Waals surface area contributed by atoms with Crippen LogP contribution in [0.5, 0.6) is 0 Å². The van der Waals surface area contributed by atoms with Crippen LogP contribution < -0.4 is 0 Å². The van der Waals surface area contributed by atoms with Crippen molar-refractivity contribution in [2.24, 2.45) is 5.92 Å². The second-order valence-corrected chi connectivity index (χ2v) is 5.70. The summed E-state index contributed by atoms with van der Waals surface area (Å²) < 4.78 is 0. The van der Waals surface area contributed by atoms with Crippen LogP contribution in [0, 0.1) is 5.92 Å². The summed E-state index contributed by atoms with van der Waals surface area (Å²) in [5.41, 5.74) is 0. The van der Waals surface area contributed by atoms with E-state index in [-0.39, 0.29) is 12.0 Å². The van der Waals surface area contributed by atoms with Gasteiger partial charge in [-0.1, -0.05) is 13.0 Å². The van der Waals surface area contributed by atoms with Crippen molar-refractivity contribution in [3.8, 4) is 0 Å². The largest absolute Gasteiger partial charge is 0.481 e. The van der Waals surface area contributed by atoms with E-state index in [2.05, 4.69) is 29.3 Å². The van der Waals surface area contributed by atoms with Crippen molar-refractivity contribution >= 4 is 17.3 Å². The summed E-state index contributed by atoms with van der Waals surface area (Å²) in [6.07, 6.45) is 0.977. The van der Waals surface area contributed by atoms with Gasteiger partial charge in [0.05, 0.1) is 5.92 Å². The molecule has 0 fully saturated rings. The number of carbonyl (C=O) groups is 1. The number of carboxylic acids is 1. The van der Waals surface area contributed by atoms with Crippen LogP contribution in [0.1, 0.15) is 25.6 Å². The molecule has 0 bridgehead atoms. The van der Waals surface area contributed by atoms with E-state index in [1.54, 1.807) is 18.3 Å². The Morgan fingerprint density at radius 3 is 2.59 bits per heavy atom. The first-order valence-corrected chi connectivity index (χ1v) is 6.78. The number of thiophene rings is 1. The normalized spacial score (nSPS) is 16.8. The van der Waals surface area contributed by atoms with Crippen LogP contribution in [-0.2, 0) is 11.2 Å². The number of carboxylic acid groups (broad SMARTS) is 1. The summed E-state index contributed by atoms with van der Waals surface area (Å²) >= 11 is 1.75. The van der Waals surface area contributed by atoms with E-state index in [9.17, 15) is 4.79 Å². The van der Waals surface area contributed by atoms with Gasteiger partial charge in [-0.25, -0.2) is 0 Å². The molecule has 96 valence electrons. The molecule has 1 N–H and O–H groups in total. The summed E-state index contributed by atoms with van der Waals surface area (Å²) in [5, 5.41) is 11.1. The molecule has 0 aliphatic carbocycles. The lowest BCUT2D eigenvalue weighted by Crippen LogP contribution is -2.43. The molecule has 0 aliphatic heterocycles. The van der Waals surface area contributed by atoms with Gasteiger partial charge in [-0.3, -0.25) is 9.69 Å². The smallest absolute Gasteiger partial charge is 0.307 e. The minimum absolute atomic E-state index is 0.0439. The number of nitrogens with zero attached hydrogens (tertiary/aromatic N) is 1. The van der Waals surface area contributed by atoms with Crippen molar-refractivity contribution < 1.29 is 9.90 Å². The Morgan fingerprint density at radius 2 is 2.12 bits per heavy atom. The van der Waals surface area contributed by atoms with Crippen LogP contribution in [0.15, 0.2) is 17.5 Å². The predicted octanol–water partition coefficient (Wildman–Crippen LogP) is 2.72. The zero-order valence-electron chi connectivity index (χ0n) is 10.9. The summed E-state index contributed by atoms with van der Waals surface area (Å²) in [4.78, 5) is 14.5. The second-order valence-electron chi connectivity index (χ2n) is 4.67. The summed E-state index contributed by atoms with van der Waals surface area (Å²) in [5.74, 6) is -1.07. The van der Waals surface area contributed by atoms with Gasteiger partial charge in [0, 0.05) is 17.0 Å². The minimum Gasteiger partial charge on any atom is -0.481 e. The molecule has 3 atom stereocenters. The highest BCUT2D eigenvalue weighted by Crippen LogP contribution is 2.17. The third-order valence-corrected chi connectivity index (χ3v) is 4.43.